The SMILES string of the molecule is [C-]#[N+]Cc1ccc(C(=O)OC)c(C)c1. The second-order valence-corrected chi connectivity index (χ2v) is 2.96. The second-order valence-electron chi connectivity index (χ2n) is 2.96. The van der Waals surface area contributed by atoms with Gasteiger partial charge in [-0.05, 0) is 24.6 Å². The van der Waals surface area contributed by atoms with E-state index in [1.54, 1.807) is 12.1 Å². The van der Waals surface area contributed by atoms with Gasteiger partial charge in [0.15, 0.2) is 0 Å². The molecule has 0 saturated heterocycles. The molecule has 0 heterocycles. The molecule has 0 amide bonds. The van der Waals surface area contributed by atoms with Gasteiger partial charge in [-0.25, -0.2) is 11.4 Å². The maximum absolute atomic E-state index is 11.2. The molecule has 14 heavy (non-hydrogen) atoms. The molecule has 0 radical (unpaired) electrons. The van der Waals surface area contributed by atoms with E-state index in [2.05, 4.69) is 9.58 Å². The average molecular weight is 189 g/mol. The van der Waals surface area contributed by atoms with Gasteiger partial charge >= 0.3 is 5.97 Å². The summed E-state index contributed by atoms with van der Waals surface area (Å²) in [5.74, 6) is -0.336. The molecule has 0 unspecified atom stereocenters. The zero-order valence-electron chi connectivity index (χ0n) is 8.20. The Morgan fingerprint density at radius 3 is 2.79 bits per heavy atom. The number of ether oxygens (including phenoxy) is 1. The van der Waals surface area contributed by atoms with E-state index in [-0.39, 0.29) is 5.97 Å². The van der Waals surface area contributed by atoms with Crippen molar-refractivity contribution < 1.29 is 9.53 Å². The van der Waals surface area contributed by atoms with Crippen molar-refractivity contribution in [1.82, 2.24) is 0 Å². The zero-order chi connectivity index (χ0) is 10.6. The highest BCUT2D eigenvalue weighted by molar-refractivity contribution is 5.90. The van der Waals surface area contributed by atoms with Crippen LogP contribution in [0.1, 0.15) is 21.5 Å². The number of esters is 1. The van der Waals surface area contributed by atoms with E-state index in [1.807, 2.05) is 13.0 Å². The number of nitrogens with zero attached hydrogens (tertiary/aromatic N) is 1. The maximum atomic E-state index is 11.2. The van der Waals surface area contributed by atoms with Crippen LogP contribution < -0.4 is 0 Å². The molecule has 0 aromatic heterocycles. The van der Waals surface area contributed by atoms with Crippen LogP contribution in [0, 0.1) is 13.5 Å². The Morgan fingerprint density at radius 2 is 2.29 bits per heavy atom. The first-order valence-corrected chi connectivity index (χ1v) is 4.20. The third-order valence-corrected chi connectivity index (χ3v) is 1.96. The fourth-order valence-electron chi connectivity index (χ4n) is 1.25. The highest BCUT2D eigenvalue weighted by Gasteiger charge is 2.09. The van der Waals surface area contributed by atoms with Gasteiger partial charge in [0.05, 0.1) is 12.7 Å². The molecular weight excluding hydrogens is 178 g/mol. The van der Waals surface area contributed by atoms with Crippen LogP contribution in [0.4, 0.5) is 0 Å². The molecule has 1 aromatic carbocycles. The van der Waals surface area contributed by atoms with Crippen LogP contribution in [0.2, 0.25) is 0 Å². The molecule has 0 aliphatic heterocycles. The molecule has 3 nitrogen and oxygen atoms in total. The Balaban J connectivity index is 3.02. The van der Waals surface area contributed by atoms with E-state index in [4.69, 9.17) is 6.57 Å². The third kappa shape index (κ3) is 2.11. The number of carbonyl (C=O) groups is 1. The summed E-state index contributed by atoms with van der Waals surface area (Å²) < 4.78 is 4.62. The molecule has 1 aromatic rings. The van der Waals surface area contributed by atoms with Crippen molar-refractivity contribution in [2.45, 2.75) is 13.5 Å². The highest BCUT2D eigenvalue weighted by atomic mass is 16.5. The summed E-state index contributed by atoms with van der Waals surface area (Å²) in [4.78, 5) is 14.5. The van der Waals surface area contributed by atoms with Crippen molar-refractivity contribution in [1.29, 1.82) is 0 Å². The lowest BCUT2D eigenvalue weighted by molar-refractivity contribution is 0.0600. The Bertz CT molecular complexity index is 391. The summed E-state index contributed by atoms with van der Waals surface area (Å²) >= 11 is 0. The van der Waals surface area contributed by atoms with E-state index >= 15 is 0 Å². The molecule has 0 aliphatic rings. The van der Waals surface area contributed by atoms with Crippen molar-refractivity contribution in [3.63, 3.8) is 0 Å². The Morgan fingerprint density at radius 1 is 1.57 bits per heavy atom. The minimum Gasteiger partial charge on any atom is -0.465 e. The molecule has 0 aliphatic carbocycles. The molecule has 3 heteroatoms. The number of benzene rings is 1. The van der Waals surface area contributed by atoms with Crippen molar-refractivity contribution in [3.8, 4) is 0 Å². The van der Waals surface area contributed by atoms with Crippen LogP contribution in [0.25, 0.3) is 4.85 Å². The predicted octanol–water partition coefficient (Wildman–Crippen LogP) is 2.20. The molecular formula is C11H11NO2. The van der Waals surface area contributed by atoms with E-state index in [9.17, 15) is 4.79 Å². The normalized spacial score (nSPS) is 9.21. The van der Waals surface area contributed by atoms with Crippen LogP contribution in [-0.4, -0.2) is 13.1 Å². The minimum absolute atomic E-state index is 0.336. The number of aryl methyl sites for hydroxylation is 1. The smallest absolute Gasteiger partial charge is 0.338 e. The van der Waals surface area contributed by atoms with Crippen molar-refractivity contribution in [2.75, 3.05) is 7.11 Å². The van der Waals surface area contributed by atoms with Gasteiger partial charge in [0.25, 0.3) is 0 Å². The Hall–Kier alpha value is -1.82. The fraction of sp³-hybridized carbons (Fsp3) is 0.273. The van der Waals surface area contributed by atoms with Crippen LogP contribution >= 0.6 is 0 Å². The number of hydrogen-bond donors (Lipinski definition) is 0. The highest BCUT2D eigenvalue weighted by Crippen LogP contribution is 2.12. The second kappa shape index (κ2) is 4.43. The summed E-state index contributed by atoms with van der Waals surface area (Å²) in [6, 6.07) is 5.31. The van der Waals surface area contributed by atoms with Gasteiger partial charge in [-0.2, -0.15) is 0 Å². The number of carbonyl (C=O) groups excluding carboxylic acids is 1. The molecule has 72 valence electrons. The average Bonchev–Trinajstić information content (AvgIpc) is 2.17. The van der Waals surface area contributed by atoms with Crippen LogP contribution in [0.3, 0.4) is 0 Å². The topological polar surface area (TPSA) is 30.7 Å². The summed E-state index contributed by atoms with van der Waals surface area (Å²) in [6.07, 6.45) is 0. The first-order chi connectivity index (χ1) is 6.69. The quantitative estimate of drug-likeness (QED) is 0.527. The minimum atomic E-state index is -0.336. The molecule has 0 saturated carbocycles. The first kappa shape index (κ1) is 10.3. The summed E-state index contributed by atoms with van der Waals surface area (Å²) in [5, 5.41) is 0. The maximum Gasteiger partial charge on any atom is 0.338 e. The van der Waals surface area contributed by atoms with E-state index in [1.165, 1.54) is 7.11 Å². The number of methoxy groups -OCH3 is 1. The van der Waals surface area contributed by atoms with Crippen LogP contribution in [0.5, 0.6) is 0 Å². The van der Waals surface area contributed by atoms with E-state index < -0.39 is 0 Å². The predicted molar refractivity (Wildman–Crippen MR) is 52.8 cm³/mol. The lowest BCUT2D eigenvalue weighted by Gasteiger charge is -2.03. The lowest BCUT2D eigenvalue weighted by Crippen LogP contribution is -2.03. The first-order valence-electron chi connectivity index (χ1n) is 4.20. The van der Waals surface area contributed by atoms with Gasteiger partial charge in [-0.1, -0.05) is 6.07 Å². The van der Waals surface area contributed by atoms with Gasteiger partial charge in [-0.15, -0.1) is 0 Å². The summed E-state index contributed by atoms with van der Waals surface area (Å²) in [6.45, 7) is 8.90. The van der Waals surface area contributed by atoms with Gasteiger partial charge in [0.1, 0.15) is 0 Å². The van der Waals surface area contributed by atoms with Gasteiger partial charge in [0.2, 0.25) is 6.54 Å². The van der Waals surface area contributed by atoms with Crippen LogP contribution in [0.15, 0.2) is 18.2 Å². The van der Waals surface area contributed by atoms with Gasteiger partial charge in [0, 0.05) is 5.56 Å². The molecule has 0 fully saturated rings. The number of rotatable bonds is 2. The summed E-state index contributed by atoms with van der Waals surface area (Å²) in [5.41, 5.74) is 2.32. The molecule has 0 N–H and O–H groups in total. The van der Waals surface area contributed by atoms with E-state index in [0.29, 0.717) is 12.1 Å². The van der Waals surface area contributed by atoms with Crippen molar-refractivity contribution >= 4 is 5.97 Å². The molecule has 0 bridgehead atoms. The van der Waals surface area contributed by atoms with Crippen molar-refractivity contribution in [2.24, 2.45) is 0 Å². The third-order valence-electron chi connectivity index (χ3n) is 1.96. The largest absolute Gasteiger partial charge is 0.465 e. The summed E-state index contributed by atoms with van der Waals surface area (Å²) in [7, 11) is 1.36. The van der Waals surface area contributed by atoms with Crippen LogP contribution in [-0.2, 0) is 11.3 Å². The fourth-order valence-corrected chi connectivity index (χ4v) is 1.25. The zero-order valence-corrected chi connectivity index (χ0v) is 8.20. The molecule has 0 spiro atoms. The molecule has 0 atom stereocenters. The van der Waals surface area contributed by atoms with Gasteiger partial charge < -0.3 is 9.58 Å². The molecule has 1 rings (SSSR count). The monoisotopic (exact) mass is 189 g/mol. The number of hydrogen-bond acceptors (Lipinski definition) is 2. The van der Waals surface area contributed by atoms with E-state index in [0.717, 1.165) is 11.1 Å². The van der Waals surface area contributed by atoms with Crippen molar-refractivity contribution in [3.05, 3.63) is 46.3 Å². The Kier molecular flexibility index (Phi) is 3.24. The standard InChI is InChI=1S/C11H11NO2/c1-8-6-9(7-12-2)4-5-10(8)11(13)14-3/h4-6H,7H2,1,3H3. The Labute approximate surface area is 83.1 Å². The van der Waals surface area contributed by atoms with Gasteiger partial charge in [-0.3, -0.25) is 0 Å². The lowest BCUT2D eigenvalue weighted by atomic mass is 10.1.